The van der Waals surface area contributed by atoms with Crippen molar-refractivity contribution in [2.75, 3.05) is 0 Å². The molecular formula is C15H14ClF2N. The van der Waals surface area contributed by atoms with E-state index in [1.54, 1.807) is 6.07 Å². The summed E-state index contributed by atoms with van der Waals surface area (Å²) in [6.45, 7) is 2.02. The van der Waals surface area contributed by atoms with Crippen LogP contribution in [0.5, 0.6) is 0 Å². The average Bonchev–Trinajstić information content (AvgIpc) is 2.42. The second-order valence-electron chi connectivity index (χ2n) is 4.36. The lowest BCUT2D eigenvalue weighted by Crippen LogP contribution is -2.14. The van der Waals surface area contributed by atoms with Crippen molar-refractivity contribution >= 4 is 11.6 Å². The summed E-state index contributed by atoms with van der Waals surface area (Å²) in [6.07, 6.45) is 0.859. The third-order valence-corrected chi connectivity index (χ3v) is 3.38. The SMILES string of the molecule is CCc1cccc(C(N)c2cc(F)c(Cl)cc2F)c1. The molecule has 19 heavy (non-hydrogen) atoms. The monoisotopic (exact) mass is 281 g/mol. The van der Waals surface area contributed by atoms with Crippen LogP contribution in [0.25, 0.3) is 0 Å². The van der Waals surface area contributed by atoms with Gasteiger partial charge in [-0.05, 0) is 29.7 Å². The molecule has 1 nitrogen and oxygen atoms in total. The lowest BCUT2D eigenvalue weighted by molar-refractivity contribution is 0.577. The lowest BCUT2D eigenvalue weighted by atomic mass is 9.97. The first-order valence-corrected chi connectivity index (χ1v) is 6.39. The third kappa shape index (κ3) is 2.94. The minimum atomic E-state index is -0.710. The van der Waals surface area contributed by atoms with E-state index in [0.29, 0.717) is 0 Å². The van der Waals surface area contributed by atoms with E-state index in [4.69, 9.17) is 17.3 Å². The van der Waals surface area contributed by atoms with E-state index in [-0.39, 0.29) is 10.6 Å². The van der Waals surface area contributed by atoms with Crippen molar-refractivity contribution in [3.05, 3.63) is 69.7 Å². The zero-order chi connectivity index (χ0) is 14.0. The normalized spacial score (nSPS) is 12.5. The Morgan fingerprint density at radius 3 is 2.58 bits per heavy atom. The van der Waals surface area contributed by atoms with Crippen LogP contribution in [0.15, 0.2) is 36.4 Å². The molecular weight excluding hydrogens is 268 g/mol. The Balaban J connectivity index is 2.43. The number of benzene rings is 2. The smallest absolute Gasteiger partial charge is 0.142 e. The van der Waals surface area contributed by atoms with Crippen molar-refractivity contribution in [2.45, 2.75) is 19.4 Å². The molecule has 0 aliphatic heterocycles. The number of aryl methyl sites for hydroxylation is 1. The highest BCUT2D eigenvalue weighted by Crippen LogP contribution is 2.27. The standard InChI is InChI=1S/C15H14ClF2N/c1-2-9-4-3-5-10(6-9)15(19)11-7-14(18)12(16)8-13(11)17/h3-8,15H,2,19H2,1H3. The molecule has 2 aromatic rings. The Morgan fingerprint density at radius 2 is 1.89 bits per heavy atom. The van der Waals surface area contributed by atoms with Crippen LogP contribution in [-0.2, 0) is 6.42 Å². The Hall–Kier alpha value is -1.45. The Kier molecular flexibility index (Phi) is 4.17. The molecule has 0 heterocycles. The summed E-state index contributed by atoms with van der Waals surface area (Å²) >= 11 is 5.53. The fraction of sp³-hybridized carbons (Fsp3) is 0.200. The first-order chi connectivity index (χ1) is 9.02. The molecule has 4 heteroatoms. The fourth-order valence-electron chi connectivity index (χ4n) is 1.96. The molecule has 100 valence electrons. The van der Waals surface area contributed by atoms with Crippen molar-refractivity contribution < 1.29 is 8.78 Å². The second kappa shape index (κ2) is 5.68. The van der Waals surface area contributed by atoms with Gasteiger partial charge < -0.3 is 5.73 Å². The first kappa shape index (κ1) is 14.0. The fourth-order valence-corrected chi connectivity index (χ4v) is 2.11. The maximum absolute atomic E-state index is 13.8. The van der Waals surface area contributed by atoms with Crippen LogP contribution < -0.4 is 5.73 Å². The van der Waals surface area contributed by atoms with Gasteiger partial charge in [0, 0.05) is 5.56 Å². The molecule has 1 unspecified atom stereocenters. The van der Waals surface area contributed by atoms with E-state index in [0.717, 1.165) is 29.7 Å². The van der Waals surface area contributed by atoms with Gasteiger partial charge in [0.1, 0.15) is 11.6 Å². The second-order valence-corrected chi connectivity index (χ2v) is 4.77. The van der Waals surface area contributed by atoms with Gasteiger partial charge in [0.25, 0.3) is 0 Å². The van der Waals surface area contributed by atoms with E-state index >= 15 is 0 Å². The third-order valence-electron chi connectivity index (χ3n) is 3.09. The predicted molar refractivity (Wildman–Crippen MR) is 73.2 cm³/mol. The van der Waals surface area contributed by atoms with Crippen LogP contribution in [0.4, 0.5) is 8.78 Å². The molecule has 0 aliphatic carbocycles. The van der Waals surface area contributed by atoms with E-state index in [1.807, 2.05) is 25.1 Å². The molecule has 0 saturated heterocycles. The van der Waals surface area contributed by atoms with Gasteiger partial charge in [-0.2, -0.15) is 0 Å². The highest BCUT2D eigenvalue weighted by Gasteiger charge is 2.16. The van der Waals surface area contributed by atoms with Gasteiger partial charge in [0.2, 0.25) is 0 Å². The topological polar surface area (TPSA) is 26.0 Å². The largest absolute Gasteiger partial charge is 0.320 e. The van der Waals surface area contributed by atoms with Crippen LogP contribution in [0.3, 0.4) is 0 Å². The molecule has 0 saturated carbocycles. The number of hydrogen-bond donors (Lipinski definition) is 1. The van der Waals surface area contributed by atoms with E-state index in [2.05, 4.69) is 0 Å². The highest BCUT2D eigenvalue weighted by molar-refractivity contribution is 6.30. The van der Waals surface area contributed by atoms with Crippen LogP contribution in [0, 0.1) is 11.6 Å². The minimum Gasteiger partial charge on any atom is -0.320 e. The lowest BCUT2D eigenvalue weighted by Gasteiger charge is -2.15. The van der Waals surface area contributed by atoms with Crippen molar-refractivity contribution in [1.29, 1.82) is 0 Å². The van der Waals surface area contributed by atoms with Gasteiger partial charge in [-0.15, -0.1) is 0 Å². The van der Waals surface area contributed by atoms with E-state index in [9.17, 15) is 8.78 Å². The Bertz CT molecular complexity index is 599. The number of halogens is 3. The predicted octanol–water partition coefficient (Wildman–Crippen LogP) is 4.23. The number of hydrogen-bond acceptors (Lipinski definition) is 1. The zero-order valence-corrected chi connectivity index (χ0v) is 11.2. The van der Waals surface area contributed by atoms with Crippen LogP contribution >= 0.6 is 11.6 Å². The van der Waals surface area contributed by atoms with E-state index < -0.39 is 17.7 Å². The molecule has 2 N–H and O–H groups in total. The minimum absolute atomic E-state index is 0.107. The van der Waals surface area contributed by atoms with Crippen LogP contribution in [-0.4, -0.2) is 0 Å². The molecule has 2 rings (SSSR count). The summed E-state index contributed by atoms with van der Waals surface area (Å²) in [7, 11) is 0. The molecule has 1 atom stereocenters. The van der Waals surface area contributed by atoms with Crippen molar-refractivity contribution in [3.8, 4) is 0 Å². The Morgan fingerprint density at radius 1 is 1.16 bits per heavy atom. The quantitative estimate of drug-likeness (QED) is 0.837. The maximum Gasteiger partial charge on any atom is 0.142 e. The average molecular weight is 282 g/mol. The molecule has 0 aliphatic rings. The van der Waals surface area contributed by atoms with Gasteiger partial charge in [-0.25, -0.2) is 8.78 Å². The van der Waals surface area contributed by atoms with Gasteiger partial charge in [-0.1, -0.05) is 42.8 Å². The maximum atomic E-state index is 13.8. The van der Waals surface area contributed by atoms with Crippen molar-refractivity contribution in [2.24, 2.45) is 5.73 Å². The summed E-state index contributed by atoms with van der Waals surface area (Å²) in [5, 5.41) is -0.240. The number of rotatable bonds is 3. The van der Waals surface area contributed by atoms with Crippen LogP contribution in [0.2, 0.25) is 5.02 Å². The molecule has 0 spiro atoms. The van der Waals surface area contributed by atoms with Gasteiger partial charge in [0.15, 0.2) is 0 Å². The van der Waals surface area contributed by atoms with Crippen molar-refractivity contribution in [3.63, 3.8) is 0 Å². The number of nitrogens with two attached hydrogens (primary N) is 1. The summed E-state index contributed by atoms with van der Waals surface area (Å²) < 4.78 is 27.2. The van der Waals surface area contributed by atoms with Gasteiger partial charge in [-0.3, -0.25) is 0 Å². The summed E-state index contributed by atoms with van der Waals surface area (Å²) in [6, 6.07) is 8.83. The zero-order valence-electron chi connectivity index (χ0n) is 10.5. The first-order valence-electron chi connectivity index (χ1n) is 6.01. The van der Waals surface area contributed by atoms with Crippen molar-refractivity contribution in [1.82, 2.24) is 0 Å². The molecule has 2 aromatic carbocycles. The molecule has 0 bridgehead atoms. The van der Waals surface area contributed by atoms with E-state index in [1.165, 1.54) is 0 Å². The Labute approximate surface area is 116 Å². The summed E-state index contributed by atoms with van der Waals surface area (Å²) in [5.74, 6) is -1.26. The molecule has 0 fully saturated rings. The molecule has 0 amide bonds. The van der Waals surface area contributed by atoms with Crippen LogP contribution in [0.1, 0.15) is 29.7 Å². The highest BCUT2D eigenvalue weighted by atomic mass is 35.5. The van der Waals surface area contributed by atoms with Gasteiger partial charge in [0.05, 0.1) is 11.1 Å². The molecule has 0 radical (unpaired) electrons. The summed E-state index contributed by atoms with van der Waals surface area (Å²) in [5.41, 5.74) is 7.97. The summed E-state index contributed by atoms with van der Waals surface area (Å²) in [4.78, 5) is 0. The molecule has 0 aromatic heterocycles. The van der Waals surface area contributed by atoms with Gasteiger partial charge >= 0.3 is 0 Å².